The van der Waals surface area contributed by atoms with E-state index in [-0.39, 0.29) is 13.0 Å². The van der Waals surface area contributed by atoms with Crippen molar-refractivity contribution >= 4 is 19.8 Å². The van der Waals surface area contributed by atoms with Gasteiger partial charge >= 0.3 is 19.8 Å². The van der Waals surface area contributed by atoms with E-state index in [1.54, 1.807) is 0 Å². The first-order chi connectivity index (χ1) is 30.7. The Hall–Kier alpha value is -2.07. The first-order valence-corrected chi connectivity index (χ1v) is 27.2. The molecular weight excluding hydrogens is 814 g/mol. The van der Waals surface area contributed by atoms with Gasteiger partial charge in [0.1, 0.15) is 12.1 Å². The van der Waals surface area contributed by atoms with Crippen molar-refractivity contribution in [1.29, 1.82) is 0 Å². The Morgan fingerprint density at radius 1 is 0.508 bits per heavy atom. The summed E-state index contributed by atoms with van der Waals surface area (Å²) in [5.41, 5.74) is 5.37. The Labute approximate surface area is 386 Å². The maximum Gasteiger partial charge on any atom is 0.472 e. The Morgan fingerprint density at radius 3 is 1.35 bits per heavy atom. The van der Waals surface area contributed by atoms with Crippen LogP contribution in [0.4, 0.5) is 0 Å². The fraction of sp³-hybridized carbons (Fsp3) is 0.808. The minimum absolute atomic E-state index is 0.0106. The number of carboxylic acids is 1. The van der Waals surface area contributed by atoms with Crippen LogP contribution in [0.3, 0.4) is 0 Å². The van der Waals surface area contributed by atoms with Crippen molar-refractivity contribution in [2.24, 2.45) is 5.73 Å². The van der Waals surface area contributed by atoms with Crippen LogP contribution >= 0.6 is 7.82 Å². The SMILES string of the molecule is CCCCC/C=C\C/C=C\C/C=C\CCCCCCCCC(=O)OC(COCCCCCCCCCCCC/C=C\CCCCCCCCCC)COP(=O)(O)OCC(N)C(=O)O. The number of carbonyl (C=O) groups excluding carboxylic acids is 1. The van der Waals surface area contributed by atoms with Gasteiger partial charge in [-0.15, -0.1) is 0 Å². The number of nitrogens with two attached hydrogens (primary N) is 1. The summed E-state index contributed by atoms with van der Waals surface area (Å²) >= 11 is 0. The van der Waals surface area contributed by atoms with Crippen molar-refractivity contribution in [1.82, 2.24) is 0 Å². The van der Waals surface area contributed by atoms with Gasteiger partial charge < -0.3 is 25.2 Å². The molecule has 0 radical (unpaired) electrons. The van der Waals surface area contributed by atoms with Gasteiger partial charge in [-0.3, -0.25) is 18.6 Å². The fourth-order valence-corrected chi connectivity index (χ4v) is 7.86. The highest BCUT2D eigenvalue weighted by molar-refractivity contribution is 7.47. The van der Waals surface area contributed by atoms with E-state index < -0.39 is 45.1 Å². The molecule has 0 fully saturated rings. The third-order valence-electron chi connectivity index (χ3n) is 11.1. The van der Waals surface area contributed by atoms with E-state index in [2.05, 4.69) is 62.5 Å². The highest BCUT2D eigenvalue weighted by Gasteiger charge is 2.27. The number of carbonyl (C=O) groups is 2. The maximum absolute atomic E-state index is 12.7. The number of rotatable bonds is 49. The minimum Gasteiger partial charge on any atom is -0.480 e. The van der Waals surface area contributed by atoms with Crippen molar-refractivity contribution in [2.45, 2.75) is 244 Å². The number of hydrogen-bond donors (Lipinski definition) is 3. The van der Waals surface area contributed by atoms with Crippen molar-refractivity contribution < 1.29 is 42.7 Å². The Balaban J connectivity index is 4.16. The van der Waals surface area contributed by atoms with Gasteiger partial charge in [-0.2, -0.15) is 0 Å². The molecule has 0 bridgehead atoms. The number of aliphatic carboxylic acids is 1. The second-order valence-electron chi connectivity index (χ2n) is 17.3. The highest BCUT2D eigenvalue weighted by atomic mass is 31.2. The fourth-order valence-electron chi connectivity index (χ4n) is 7.08. The lowest BCUT2D eigenvalue weighted by molar-refractivity contribution is -0.154. The summed E-state index contributed by atoms with van der Waals surface area (Å²) in [4.78, 5) is 33.7. The molecule has 0 aromatic carbocycles. The second-order valence-corrected chi connectivity index (χ2v) is 18.7. The predicted molar refractivity (Wildman–Crippen MR) is 263 cm³/mol. The second kappa shape index (κ2) is 47.9. The van der Waals surface area contributed by atoms with E-state index in [1.807, 2.05) is 0 Å². The summed E-state index contributed by atoms with van der Waals surface area (Å²) in [6, 6.07) is -1.48. The molecule has 0 saturated heterocycles. The van der Waals surface area contributed by atoms with E-state index in [1.165, 1.54) is 135 Å². The van der Waals surface area contributed by atoms with Gasteiger partial charge in [-0.1, -0.05) is 197 Å². The molecule has 0 rings (SSSR count). The number of hydrogen-bond acceptors (Lipinski definition) is 8. The molecule has 0 heterocycles. The quantitative estimate of drug-likeness (QED) is 0.0232. The molecule has 4 N–H and O–H groups in total. The van der Waals surface area contributed by atoms with Crippen molar-refractivity contribution in [2.75, 3.05) is 26.4 Å². The number of carboxylic acid groups (broad SMARTS) is 1. The number of ether oxygens (including phenoxy) is 2. The van der Waals surface area contributed by atoms with Gasteiger partial charge in [0.25, 0.3) is 0 Å². The zero-order valence-electron chi connectivity index (χ0n) is 40.4. The normalized spacial score (nSPS) is 14.1. The first-order valence-electron chi connectivity index (χ1n) is 25.7. The van der Waals surface area contributed by atoms with Crippen LogP contribution in [0.1, 0.15) is 232 Å². The van der Waals surface area contributed by atoms with Crippen molar-refractivity contribution in [3.05, 3.63) is 48.6 Å². The smallest absolute Gasteiger partial charge is 0.472 e. The first kappa shape index (κ1) is 60.9. The van der Waals surface area contributed by atoms with E-state index in [4.69, 9.17) is 29.4 Å². The van der Waals surface area contributed by atoms with E-state index in [0.29, 0.717) is 13.0 Å². The van der Waals surface area contributed by atoms with Crippen molar-refractivity contribution in [3.63, 3.8) is 0 Å². The van der Waals surface area contributed by atoms with Crippen LogP contribution in [0.2, 0.25) is 0 Å². The van der Waals surface area contributed by atoms with Crippen LogP contribution in [-0.2, 0) is 32.7 Å². The molecule has 0 spiro atoms. The molecular formula is C52H96NO9P. The van der Waals surface area contributed by atoms with Gasteiger partial charge in [0.2, 0.25) is 0 Å². The average molecular weight is 910 g/mol. The largest absolute Gasteiger partial charge is 0.480 e. The number of esters is 1. The molecule has 0 aromatic heterocycles. The molecule has 10 nitrogen and oxygen atoms in total. The summed E-state index contributed by atoms with van der Waals surface area (Å²) in [6.45, 7) is 3.86. The summed E-state index contributed by atoms with van der Waals surface area (Å²) in [5.74, 6) is -1.79. The van der Waals surface area contributed by atoms with Crippen LogP contribution < -0.4 is 5.73 Å². The number of phosphoric acid groups is 1. The summed E-state index contributed by atoms with van der Waals surface area (Å²) in [5, 5.41) is 8.93. The molecule has 0 aliphatic heterocycles. The molecule has 3 atom stereocenters. The van der Waals surface area contributed by atoms with Crippen LogP contribution in [0.15, 0.2) is 48.6 Å². The van der Waals surface area contributed by atoms with E-state index >= 15 is 0 Å². The number of unbranched alkanes of at least 4 members (excludes halogenated alkanes) is 27. The topological polar surface area (TPSA) is 155 Å². The minimum atomic E-state index is -4.63. The van der Waals surface area contributed by atoms with Gasteiger partial charge in [0, 0.05) is 13.0 Å². The lowest BCUT2D eigenvalue weighted by atomic mass is 10.1. The molecule has 0 aliphatic rings. The molecule has 0 aliphatic carbocycles. The van der Waals surface area contributed by atoms with Gasteiger partial charge in [0.15, 0.2) is 0 Å². The van der Waals surface area contributed by atoms with Gasteiger partial charge in [-0.05, 0) is 77.0 Å². The lowest BCUT2D eigenvalue weighted by Crippen LogP contribution is -2.34. The molecule has 0 saturated carbocycles. The molecule has 3 unspecified atom stereocenters. The van der Waals surface area contributed by atoms with Crippen LogP contribution in [0.5, 0.6) is 0 Å². The zero-order valence-corrected chi connectivity index (χ0v) is 41.3. The Bertz CT molecular complexity index is 1190. The highest BCUT2D eigenvalue weighted by Crippen LogP contribution is 2.43. The third kappa shape index (κ3) is 47.7. The van der Waals surface area contributed by atoms with Crippen LogP contribution in [0.25, 0.3) is 0 Å². The van der Waals surface area contributed by atoms with Crippen LogP contribution in [-0.4, -0.2) is 60.5 Å². The summed E-state index contributed by atoms with van der Waals surface area (Å²) in [6.07, 6.45) is 57.4. The Kier molecular flexibility index (Phi) is 46.3. The van der Waals surface area contributed by atoms with Crippen LogP contribution in [0, 0.1) is 0 Å². The molecule has 63 heavy (non-hydrogen) atoms. The zero-order chi connectivity index (χ0) is 46.2. The van der Waals surface area contributed by atoms with E-state index in [0.717, 1.165) is 70.6 Å². The van der Waals surface area contributed by atoms with Crippen molar-refractivity contribution in [3.8, 4) is 0 Å². The summed E-state index contributed by atoms with van der Waals surface area (Å²) in [7, 11) is -4.63. The predicted octanol–water partition coefficient (Wildman–Crippen LogP) is 15.0. The average Bonchev–Trinajstić information content (AvgIpc) is 3.26. The Morgan fingerprint density at radius 2 is 0.873 bits per heavy atom. The molecule has 0 amide bonds. The molecule has 368 valence electrons. The number of allylic oxidation sites excluding steroid dienone is 8. The standard InChI is InChI=1S/C52H96NO9P/c1-3-5-7-9-11-13-15-17-19-21-23-24-25-27-29-31-33-35-37-39-41-43-45-59-46-49(47-60-63(57,58)61-48-50(53)52(55)56)62-51(54)44-42-40-38-36-34-32-30-28-26-22-20-18-16-14-12-10-8-6-4-2/h12,14,18,20-21,23,26,28,49-50H,3-11,13,15-17,19,22,24-25,27,29-48,53H2,1-2H3,(H,55,56)(H,57,58)/b14-12-,20-18-,23-21-,28-26-. The lowest BCUT2D eigenvalue weighted by Gasteiger charge is -2.20. The maximum atomic E-state index is 12.7. The molecule has 0 aromatic rings. The third-order valence-corrected chi connectivity index (χ3v) is 12.0. The summed E-state index contributed by atoms with van der Waals surface area (Å²) < 4.78 is 33.5. The monoisotopic (exact) mass is 910 g/mol. The van der Waals surface area contributed by atoms with E-state index in [9.17, 15) is 19.0 Å². The van der Waals surface area contributed by atoms with Gasteiger partial charge in [0.05, 0.1) is 19.8 Å². The number of phosphoric ester groups is 1. The van der Waals surface area contributed by atoms with Gasteiger partial charge in [-0.25, -0.2) is 4.57 Å². The molecule has 11 heteroatoms.